The van der Waals surface area contributed by atoms with Crippen LogP contribution in [0.2, 0.25) is 0 Å². The number of hydrogen-bond donors (Lipinski definition) is 7. The Labute approximate surface area is 979 Å². The van der Waals surface area contributed by atoms with E-state index in [1.165, 1.54) is 189 Å². The number of halogens is 2. The molecule has 0 unspecified atom stereocenters. The van der Waals surface area contributed by atoms with Gasteiger partial charge in [0, 0.05) is 26.2 Å². The Kier molecular flexibility index (Phi) is 77.8. The van der Waals surface area contributed by atoms with Crippen LogP contribution in [0.4, 0.5) is 72.2 Å². The van der Waals surface area contributed by atoms with E-state index in [2.05, 4.69) is 81.2 Å². The molecule has 51 heteroatoms. The number of H-pyrrole nitrogens is 1. The molecule has 7 heterocycles. The van der Waals surface area contributed by atoms with Crippen LogP contribution in [-0.2, 0) is 46.4 Å². The van der Waals surface area contributed by atoms with Crippen LogP contribution < -0.4 is 133 Å². The van der Waals surface area contributed by atoms with Crippen molar-refractivity contribution in [3.63, 3.8) is 0 Å². The summed E-state index contributed by atoms with van der Waals surface area (Å²) in [5, 5.41) is 45.4. The van der Waals surface area contributed by atoms with E-state index in [4.69, 9.17) is 98.6 Å². The molecule has 2 aliphatic heterocycles. The molecular weight excluding hydrogens is 2000 g/mol. The van der Waals surface area contributed by atoms with E-state index in [9.17, 15) is 49.5 Å². The molecule has 42 nitrogen and oxygen atoms in total. The van der Waals surface area contributed by atoms with Gasteiger partial charge in [-0.3, -0.25) is 50.0 Å². The average molecular weight is 2110 g/mol. The fraction of sp³-hybridized carbons (Fsp3) is 0.341. The first-order chi connectivity index (χ1) is 64.4. The molecule has 9 aromatic rings. The Morgan fingerprint density at radius 3 is 1.55 bits per heavy atom. The molecule has 2 aliphatic rings. The minimum absolute atomic E-state index is 0. The molecule has 702 valence electrons. The Morgan fingerprint density at radius 1 is 0.588 bits per heavy atom. The van der Waals surface area contributed by atoms with Gasteiger partial charge < -0.3 is 86.6 Å². The number of benzene rings is 4. The number of ether oxygens (including phenoxy) is 11. The van der Waals surface area contributed by atoms with Crippen molar-refractivity contribution in [3.05, 3.63) is 235 Å². The summed E-state index contributed by atoms with van der Waals surface area (Å²) in [6.45, 7) is 22.9. The Morgan fingerprint density at radius 2 is 1.06 bits per heavy atom. The molecule has 0 atom stereocenters. The number of aliphatic hydroxyl groups excluding tert-OH is 1. The van der Waals surface area contributed by atoms with Crippen LogP contribution in [0.5, 0.6) is 47.0 Å². The van der Waals surface area contributed by atoms with Gasteiger partial charge in [0.15, 0.2) is 11.5 Å². The molecule has 0 fully saturated rings. The van der Waals surface area contributed by atoms with Crippen molar-refractivity contribution >= 4 is 300 Å². The number of nitrogen functional groups attached to an aromatic ring is 4. The van der Waals surface area contributed by atoms with Crippen molar-refractivity contribution in [1.29, 1.82) is 0 Å². The molecule has 136 heavy (non-hydrogen) atoms. The molecule has 3 amide bonds. The number of nitrogens with one attached hydrogen (secondary N) is 2. The number of hydrogen-bond acceptors (Lipinski definition) is 34. The summed E-state index contributed by atoms with van der Waals surface area (Å²) >= 11 is 17.0. The van der Waals surface area contributed by atoms with Gasteiger partial charge in [0.25, 0.3) is 0 Å². The summed E-state index contributed by atoms with van der Waals surface area (Å²) in [5.74, 6) is 0.918. The van der Waals surface area contributed by atoms with Crippen molar-refractivity contribution in [2.45, 2.75) is 93.5 Å². The predicted molar refractivity (Wildman–Crippen MR) is 526 cm³/mol. The molecule has 0 spiro atoms. The second-order valence-electron chi connectivity index (χ2n) is 25.5. The zero-order valence-corrected chi connectivity index (χ0v) is 100. The quantitative estimate of drug-likeness (QED) is 0.00480. The molecule has 0 saturated heterocycles. The van der Waals surface area contributed by atoms with Crippen molar-refractivity contribution in [2.24, 2.45) is 0 Å². The van der Waals surface area contributed by atoms with Gasteiger partial charge in [-0.2, -0.15) is 39.9 Å². The maximum atomic E-state index is 12.7. The van der Waals surface area contributed by atoms with Crippen molar-refractivity contribution in [3.8, 4) is 47.0 Å². The monoisotopic (exact) mass is 2100 g/mol. The summed E-state index contributed by atoms with van der Waals surface area (Å²) in [7, 11) is 0. The predicted octanol–water partition coefficient (Wildman–Crippen LogP) is 9.05. The molecule has 0 aliphatic carbocycles. The van der Waals surface area contributed by atoms with Crippen LogP contribution in [0.25, 0.3) is 11.2 Å². The van der Waals surface area contributed by atoms with Crippen LogP contribution in [0, 0.1) is 30.3 Å². The summed E-state index contributed by atoms with van der Waals surface area (Å²) in [6, 6.07) is 29.8. The standard InChI is InChI=1S/C22H27N5O6.C20H23N5O6.C18H19N5O3.C11H15N5O5.C11H14O2.CH2Cl2.2CH4.7K.H/c1-4-7-14-33-21-24-19(23)18(27(29)30)20(25-21)26(22(28)31-6-3)12-11-16-9-8-10-17(15-16)32-13-5-2;1-2-29-20(26)24-10-9-14-7-6-8-15(13-14)30-11-4-3-5-12-31-19-22-17(21)16(25(27)28)18(24)23-19;19-15-14-16-22-17(21-15)26-10-3-1-2-9-25-13-6-4-5-12(11-13)7-8-23(16)18(24)20-14;1-3-5-6-21-10-13-8(12)7(16(18)19)9(14-10)15-11(17)20-4-2;1-2-8-13-11-5-3-4-10(9-11)6-7-12;2-1-3;;;;;;;;;;/h4-5,8-10,15H,1-2,6-7,11-14H2,3H3,(H2,23,24,25);3-4,6-8,13H,2,5,9-12H2,1H3,(H2,21,22,23);1-2,4-6,11H,3,7-10H2,(H,20,24)(H2,19,21,22);3H,1,4-6H2,2H3,(H3,12,13,14,15,17);2-5,9,12H,1,6-8H2;1H2;2*1H4;;;;;;;;/q;;;;;;;;;;;;;;+1;-1/b;4-3+;2-1+;;;;;;;;;;;;;. The minimum atomic E-state index is -0.893. The molecule has 0 saturated carbocycles. The third kappa shape index (κ3) is 49.9. The first kappa shape index (κ1) is 133. The number of rotatable bonds is 27. The van der Waals surface area contributed by atoms with Gasteiger partial charge in [0.2, 0.25) is 34.9 Å². The number of aliphatic hydroxyl groups is 1. The molecule has 4 aromatic carbocycles. The number of alkyl halides is 2. The third-order valence-electron chi connectivity index (χ3n) is 16.6. The number of nitro groups is 3. The van der Waals surface area contributed by atoms with Gasteiger partial charge in [-0.1, -0.05) is 125 Å². The van der Waals surface area contributed by atoms with E-state index in [0.717, 1.165) is 43.6 Å². The van der Waals surface area contributed by atoms with Gasteiger partial charge in [-0.15, -0.1) is 36.4 Å². The van der Waals surface area contributed by atoms with E-state index in [1.54, 1.807) is 67.8 Å². The molecule has 5 aromatic heterocycles. The fourth-order valence-electron chi connectivity index (χ4n) is 10.9. The molecule has 11 N–H and O–H groups in total. The summed E-state index contributed by atoms with van der Waals surface area (Å²) in [6.07, 6.45) is 16.0. The van der Waals surface area contributed by atoms with Gasteiger partial charge >= 0.3 is 306 Å². The van der Waals surface area contributed by atoms with Crippen LogP contribution in [0.15, 0.2) is 177 Å². The Balaban J connectivity index is 0. The van der Waals surface area contributed by atoms with Crippen LogP contribution >= 0.6 is 23.2 Å². The van der Waals surface area contributed by atoms with Crippen LogP contribution in [0.3, 0.4) is 0 Å². The average Bonchev–Trinajstić information content (AvgIpc) is 1.43. The van der Waals surface area contributed by atoms with Crippen molar-refractivity contribution < 1.29 is 139 Å². The SMILES string of the molecule is C.C.C=CCCOc1nc(N)c([N+](=O)[O-])c(N(CCc2cccc(OCC=C)c2)C(=O)OCC)n1.C=CCCOc1nc(N)c([N+](=O)[O-])c(NC(=O)OCC)n1.C=CCOc1cccc(CCO)c1.CCOC(=O)N1CCc2cccc(c2)OC/C=C/CCOc2nc(N)c([N+](=O)[O-])c1n2.ClCCl.Nc1nc2nc3c1[nH]c(=O)n3CCc1cccc(c1)OC/C=C/CCO2.[H-].[K+].[K][K].[K][K].[K][K]. The number of imidazole rings is 1. The van der Waals surface area contributed by atoms with E-state index < -0.39 is 67.6 Å². The number of carbonyl (C=O) groups excluding carboxylic acids is 3. The fourth-order valence-corrected chi connectivity index (χ4v) is 10.9. The molecule has 8 bridgehead atoms. The van der Waals surface area contributed by atoms with Crippen molar-refractivity contribution in [1.82, 2.24) is 49.4 Å². The third-order valence-corrected chi connectivity index (χ3v) is 16.6. The molecular formula is C85H109Cl2K7N20O22. The van der Waals surface area contributed by atoms with E-state index in [0.29, 0.717) is 114 Å². The maximum absolute atomic E-state index is 12.7. The summed E-state index contributed by atoms with van der Waals surface area (Å²) in [5.41, 5.74) is 25.7. The topological polar surface area (TPSA) is 566 Å². The molecule has 11 rings (SSSR count). The first-order valence-corrected chi connectivity index (χ1v) is 91.3. The Hall–Kier alpha value is -3.49. The first-order valence-electron chi connectivity index (χ1n) is 42.3. The zero-order valence-electron chi connectivity index (χ0n) is 78.0. The van der Waals surface area contributed by atoms with Gasteiger partial charge in [0.05, 0.1) is 66.4 Å². The van der Waals surface area contributed by atoms with E-state index >= 15 is 0 Å². The summed E-state index contributed by atoms with van der Waals surface area (Å²) in [4.78, 5) is 118. The Bertz CT molecular complexity index is 5330. The second-order valence-corrected chi connectivity index (χ2v) is 26.3. The van der Waals surface area contributed by atoms with Gasteiger partial charge in [-0.05, 0) is 143 Å². The van der Waals surface area contributed by atoms with Crippen LogP contribution in [0.1, 0.15) is 85.0 Å². The normalized spacial score (nSPS) is 11.8. The number of carbonyl (C=O) groups is 3. The number of aromatic nitrogens is 10. The van der Waals surface area contributed by atoms with Crippen molar-refractivity contribution in [2.75, 3.05) is 136 Å². The van der Waals surface area contributed by atoms with E-state index in [-0.39, 0.29) is 185 Å². The van der Waals surface area contributed by atoms with E-state index in [1.807, 2.05) is 103 Å². The number of nitrogens with two attached hydrogens (primary N) is 4. The van der Waals surface area contributed by atoms with Gasteiger partial charge in [-0.25, -0.2) is 19.2 Å². The number of anilines is 7. The zero-order chi connectivity index (χ0) is 98.4. The number of aromatic amines is 1. The van der Waals surface area contributed by atoms with Gasteiger partial charge in [0.1, 0.15) is 54.9 Å². The second kappa shape index (κ2) is 79.8. The summed E-state index contributed by atoms with van der Waals surface area (Å²) < 4.78 is 60.3. The number of fused-ring (bicyclic) bond motifs is 7. The number of nitrogens with zero attached hydrogens (tertiary/aromatic N) is 14. The number of aryl methyl sites for hydroxylation is 2. The molecule has 0 radical (unpaired) electrons. The number of amides is 3. The van der Waals surface area contributed by atoms with Crippen LogP contribution in [-0.4, -0.2) is 375 Å².